The van der Waals surface area contributed by atoms with Crippen molar-refractivity contribution >= 4 is 5.97 Å². The number of hydrogen-bond donors (Lipinski definition) is 2. The molecule has 0 aliphatic carbocycles. The van der Waals surface area contributed by atoms with Gasteiger partial charge in [-0.05, 0) is 6.92 Å². The lowest BCUT2D eigenvalue weighted by molar-refractivity contribution is -0.213. The number of esters is 1. The van der Waals surface area contributed by atoms with Crippen molar-refractivity contribution in [2.45, 2.75) is 12.7 Å². The van der Waals surface area contributed by atoms with Crippen molar-refractivity contribution in [2.75, 3.05) is 6.61 Å². The summed E-state index contributed by atoms with van der Waals surface area (Å²) in [5.41, 5.74) is 0.0958. The van der Waals surface area contributed by atoms with E-state index in [2.05, 4.69) is 4.74 Å². The molecule has 0 bridgehead atoms. The van der Waals surface area contributed by atoms with Gasteiger partial charge in [0.15, 0.2) is 0 Å². The van der Waals surface area contributed by atoms with Crippen LogP contribution in [-0.2, 0) is 15.3 Å². The zero-order valence-corrected chi connectivity index (χ0v) is 7.80. The fourth-order valence-corrected chi connectivity index (χ4v) is 1.02. The average Bonchev–Trinajstić information content (AvgIpc) is 2.19. The molecular formula is C10H12O4. The van der Waals surface area contributed by atoms with Crippen LogP contribution in [0, 0.1) is 0 Å². The normalized spacial score (nSPS) is 11.1. The molecule has 0 aromatic heterocycles. The van der Waals surface area contributed by atoms with E-state index in [1.54, 1.807) is 25.1 Å². The summed E-state index contributed by atoms with van der Waals surface area (Å²) in [6.45, 7) is 1.70. The molecule has 4 heteroatoms. The van der Waals surface area contributed by atoms with Gasteiger partial charge >= 0.3 is 5.97 Å². The molecule has 0 unspecified atom stereocenters. The van der Waals surface area contributed by atoms with Crippen LogP contribution in [0.5, 0.6) is 0 Å². The highest BCUT2D eigenvalue weighted by Gasteiger charge is 2.36. The van der Waals surface area contributed by atoms with Crippen molar-refractivity contribution in [3.63, 3.8) is 0 Å². The van der Waals surface area contributed by atoms with Gasteiger partial charge in [-0.25, -0.2) is 4.79 Å². The van der Waals surface area contributed by atoms with Gasteiger partial charge in [0.2, 0.25) is 0 Å². The smallest absolute Gasteiger partial charge is 0.371 e. The Morgan fingerprint density at radius 3 is 2.43 bits per heavy atom. The van der Waals surface area contributed by atoms with E-state index in [0.717, 1.165) is 0 Å². The van der Waals surface area contributed by atoms with Crippen LogP contribution in [0.25, 0.3) is 0 Å². The van der Waals surface area contributed by atoms with Gasteiger partial charge in [0.1, 0.15) is 0 Å². The molecule has 0 radical (unpaired) electrons. The van der Waals surface area contributed by atoms with Crippen LogP contribution < -0.4 is 0 Å². The van der Waals surface area contributed by atoms with Crippen LogP contribution in [0.2, 0.25) is 0 Å². The molecule has 0 spiro atoms. The van der Waals surface area contributed by atoms with Gasteiger partial charge < -0.3 is 14.9 Å². The number of rotatable bonds is 3. The molecule has 0 fully saturated rings. The van der Waals surface area contributed by atoms with Crippen LogP contribution in [0.3, 0.4) is 0 Å². The number of ether oxygens (including phenoxy) is 1. The number of benzene rings is 1. The highest BCUT2D eigenvalue weighted by molar-refractivity contribution is 5.78. The molecular weight excluding hydrogens is 184 g/mol. The van der Waals surface area contributed by atoms with E-state index in [-0.39, 0.29) is 12.2 Å². The predicted octanol–water partition coefficient (Wildman–Crippen LogP) is 0.387. The Balaban J connectivity index is 2.90. The lowest BCUT2D eigenvalue weighted by atomic mass is 10.1. The third-order valence-corrected chi connectivity index (χ3v) is 1.74. The van der Waals surface area contributed by atoms with Crippen molar-refractivity contribution in [1.29, 1.82) is 0 Å². The van der Waals surface area contributed by atoms with Crippen molar-refractivity contribution in [3.8, 4) is 0 Å². The number of hydrogen-bond acceptors (Lipinski definition) is 4. The Morgan fingerprint density at radius 2 is 1.93 bits per heavy atom. The van der Waals surface area contributed by atoms with Crippen LogP contribution >= 0.6 is 0 Å². The molecule has 76 valence electrons. The van der Waals surface area contributed by atoms with Gasteiger partial charge in [-0.2, -0.15) is 0 Å². The molecule has 0 saturated heterocycles. The van der Waals surface area contributed by atoms with E-state index in [1.807, 2.05) is 0 Å². The van der Waals surface area contributed by atoms with Crippen LogP contribution in [0.4, 0.5) is 0 Å². The van der Waals surface area contributed by atoms with E-state index in [9.17, 15) is 15.0 Å². The third kappa shape index (κ3) is 2.10. The number of aliphatic hydroxyl groups is 2. The standard InChI is InChI=1S/C10H12O4/c1-2-14-9(11)10(12,13)8-6-4-3-5-7-8/h3-7,12-13H,2H2,1H3. The largest absolute Gasteiger partial charge is 0.462 e. The summed E-state index contributed by atoms with van der Waals surface area (Å²) in [6.07, 6.45) is 0. The molecule has 0 saturated carbocycles. The Morgan fingerprint density at radius 1 is 1.36 bits per heavy atom. The zero-order valence-electron chi connectivity index (χ0n) is 7.80. The van der Waals surface area contributed by atoms with E-state index >= 15 is 0 Å². The molecule has 1 aromatic carbocycles. The van der Waals surface area contributed by atoms with Crippen molar-refractivity contribution in [2.24, 2.45) is 0 Å². The Kier molecular flexibility index (Phi) is 3.22. The highest BCUT2D eigenvalue weighted by Crippen LogP contribution is 2.18. The first-order valence-corrected chi connectivity index (χ1v) is 4.26. The maximum atomic E-state index is 11.1. The van der Waals surface area contributed by atoms with Gasteiger partial charge in [-0.15, -0.1) is 0 Å². The summed E-state index contributed by atoms with van der Waals surface area (Å²) < 4.78 is 4.52. The summed E-state index contributed by atoms with van der Waals surface area (Å²) in [5, 5.41) is 18.9. The summed E-state index contributed by atoms with van der Waals surface area (Å²) >= 11 is 0. The van der Waals surface area contributed by atoms with Gasteiger partial charge in [-0.3, -0.25) is 0 Å². The van der Waals surface area contributed by atoms with Crippen LogP contribution in [0.15, 0.2) is 30.3 Å². The predicted molar refractivity (Wildman–Crippen MR) is 49.2 cm³/mol. The van der Waals surface area contributed by atoms with Crippen LogP contribution in [0.1, 0.15) is 12.5 Å². The second-order valence-corrected chi connectivity index (χ2v) is 2.76. The minimum Gasteiger partial charge on any atom is -0.462 e. The Hall–Kier alpha value is -1.39. The molecule has 0 amide bonds. The van der Waals surface area contributed by atoms with Crippen molar-refractivity contribution in [1.82, 2.24) is 0 Å². The second-order valence-electron chi connectivity index (χ2n) is 2.76. The Bertz CT molecular complexity index is 305. The summed E-state index contributed by atoms with van der Waals surface area (Å²) in [4.78, 5) is 11.1. The minimum absolute atomic E-state index is 0.0958. The SMILES string of the molecule is CCOC(=O)C(O)(O)c1ccccc1. The van der Waals surface area contributed by atoms with Gasteiger partial charge in [0, 0.05) is 5.56 Å². The van der Waals surface area contributed by atoms with Gasteiger partial charge in [-0.1, -0.05) is 30.3 Å². The maximum Gasteiger partial charge on any atom is 0.371 e. The molecule has 14 heavy (non-hydrogen) atoms. The first kappa shape index (κ1) is 10.7. The molecule has 1 rings (SSSR count). The highest BCUT2D eigenvalue weighted by atomic mass is 16.6. The van der Waals surface area contributed by atoms with Gasteiger partial charge in [0.25, 0.3) is 5.79 Å². The molecule has 1 aromatic rings. The zero-order chi connectivity index (χ0) is 10.6. The Labute approximate surface area is 81.8 Å². The molecule has 0 aliphatic heterocycles. The lowest BCUT2D eigenvalue weighted by Crippen LogP contribution is -2.36. The van der Waals surface area contributed by atoms with E-state index in [0.29, 0.717) is 0 Å². The minimum atomic E-state index is -2.56. The summed E-state index contributed by atoms with van der Waals surface area (Å²) in [5.74, 6) is -3.62. The summed E-state index contributed by atoms with van der Waals surface area (Å²) in [6, 6.07) is 7.81. The monoisotopic (exact) mass is 196 g/mol. The summed E-state index contributed by atoms with van der Waals surface area (Å²) in [7, 11) is 0. The third-order valence-electron chi connectivity index (χ3n) is 1.74. The fraction of sp³-hybridized carbons (Fsp3) is 0.300. The topological polar surface area (TPSA) is 66.8 Å². The van der Waals surface area contributed by atoms with E-state index in [4.69, 9.17) is 0 Å². The second kappa shape index (κ2) is 4.21. The van der Waals surface area contributed by atoms with Crippen molar-refractivity contribution < 1.29 is 19.7 Å². The number of carbonyl (C=O) groups excluding carboxylic acids is 1. The average molecular weight is 196 g/mol. The van der Waals surface area contributed by atoms with Gasteiger partial charge in [0.05, 0.1) is 6.61 Å². The lowest BCUT2D eigenvalue weighted by Gasteiger charge is -2.19. The maximum absolute atomic E-state index is 11.1. The molecule has 4 nitrogen and oxygen atoms in total. The molecule has 0 aliphatic rings. The fourth-order valence-electron chi connectivity index (χ4n) is 1.02. The quantitative estimate of drug-likeness (QED) is 0.542. The molecule has 0 atom stereocenters. The molecule has 2 N–H and O–H groups in total. The van der Waals surface area contributed by atoms with E-state index in [1.165, 1.54) is 12.1 Å². The first-order chi connectivity index (χ1) is 6.59. The number of carbonyl (C=O) groups is 1. The first-order valence-electron chi connectivity index (χ1n) is 4.26. The van der Waals surface area contributed by atoms with Crippen LogP contribution in [-0.4, -0.2) is 22.8 Å². The molecule has 0 heterocycles. The van der Waals surface area contributed by atoms with Crippen molar-refractivity contribution in [3.05, 3.63) is 35.9 Å². The van der Waals surface area contributed by atoms with E-state index < -0.39 is 11.8 Å².